The zero-order valence-electron chi connectivity index (χ0n) is 21.9. The van der Waals surface area contributed by atoms with Crippen LogP contribution in [0.25, 0.3) is 10.4 Å². The van der Waals surface area contributed by atoms with E-state index in [0.717, 1.165) is 55.9 Å². The van der Waals surface area contributed by atoms with Crippen LogP contribution in [0.5, 0.6) is 0 Å². The van der Waals surface area contributed by atoms with E-state index in [9.17, 15) is 4.79 Å². The topological polar surface area (TPSA) is 112 Å². The highest BCUT2D eigenvalue weighted by molar-refractivity contribution is 5.76. The second-order valence-corrected chi connectivity index (χ2v) is 10.6. The molecule has 2 aromatic rings. The number of nitrogens with zero attached hydrogens (tertiary/aromatic N) is 7. The van der Waals surface area contributed by atoms with E-state index in [4.69, 9.17) is 5.53 Å². The van der Waals surface area contributed by atoms with E-state index < -0.39 is 0 Å². The molecule has 2 bridgehead atoms. The van der Waals surface area contributed by atoms with Gasteiger partial charge in [-0.2, -0.15) is 0 Å². The summed E-state index contributed by atoms with van der Waals surface area (Å²) in [6.45, 7) is 7.90. The Labute approximate surface area is 214 Å². The molecule has 194 valence electrons. The molecule has 3 atom stereocenters. The zero-order chi connectivity index (χ0) is 25.5. The summed E-state index contributed by atoms with van der Waals surface area (Å²) in [5, 5.41) is 15.7. The third kappa shape index (κ3) is 6.26. The molecule has 4 rings (SSSR count). The fourth-order valence-electron chi connectivity index (χ4n) is 6.12. The van der Waals surface area contributed by atoms with Crippen molar-refractivity contribution in [1.29, 1.82) is 0 Å². The highest BCUT2D eigenvalue weighted by Gasteiger charge is 2.42. The molecule has 0 saturated carbocycles. The van der Waals surface area contributed by atoms with Crippen molar-refractivity contribution >= 4 is 5.91 Å². The van der Waals surface area contributed by atoms with Gasteiger partial charge in [-0.3, -0.25) is 9.69 Å². The lowest BCUT2D eigenvalue weighted by molar-refractivity contribution is -0.122. The van der Waals surface area contributed by atoms with Gasteiger partial charge < -0.3 is 9.88 Å². The third-order valence-electron chi connectivity index (χ3n) is 7.82. The van der Waals surface area contributed by atoms with Crippen molar-refractivity contribution in [1.82, 2.24) is 25.0 Å². The molecule has 2 unspecified atom stereocenters. The largest absolute Gasteiger partial charge is 0.349 e. The first-order valence-electron chi connectivity index (χ1n) is 13.5. The summed E-state index contributed by atoms with van der Waals surface area (Å²) in [5.74, 6) is 2.58. The van der Waals surface area contributed by atoms with Crippen LogP contribution in [0.4, 0.5) is 0 Å². The van der Waals surface area contributed by atoms with E-state index in [1.165, 1.54) is 12.8 Å². The van der Waals surface area contributed by atoms with E-state index in [1.807, 2.05) is 18.2 Å². The van der Waals surface area contributed by atoms with Crippen LogP contribution in [0.2, 0.25) is 0 Å². The number of amides is 1. The van der Waals surface area contributed by atoms with Gasteiger partial charge in [-0.15, -0.1) is 10.2 Å². The molecule has 1 aromatic heterocycles. The molecule has 0 radical (unpaired) electrons. The van der Waals surface area contributed by atoms with Gasteiger partial charge in [-0.25, -0.2) is 0 Å². The van der Waals surface area contributed by atoms with Gasteiger partial charge in [0, 0.05) is 48.5 Å². The highest BCUT2D eigenvalue weighted by atomic mass is 16.1. The van der Waals surface area contributed by atoms with Crippen molar-refractivity contribution < 1.29 is 4.79 Å². The number of nitrogens with one attached hydrogen (secondary N) is 1. The summed E-state index contributed by atoms with van der Waals surface area (Å²) in [6.07, 6.45) is 7.58. The van der Waals surface area contributed by atoms with Crippen LogP contribution in [0.15, 0.2) is 35.4 Å². The number of azide groups is 1. The second kappa shape index (κ2) is 12.4. The average molecular weight is 493 g/mol. The van der Waals surface area contributed by atoms with Crippen LogP contribution < -0.4 is 5.32 Å². The Hall–Kier alpha value is -2.90. The summed E-state index contributed by atoms with van der Waals surface area (Å²) in [6, 6.07) is 11.9. The first-order valence-corrected chi connectivity index (χ1v) is 13.5. The molecule has 1 N–H and O–H groups in total. The Bertz CT molecular complexity index is 1030. The number of hydrogen-bond donors (Lipinski definition) is 1. The number of carbonyl (C=O) groups excluding carboxylic acids is 1. The van der Waals surface area contributed by atoms with Gasteiger partial charge in [0.05, 0.1) is 6.04 Å². The van der Waals surface area contributed by atoms with E-state index in [2.05, 4.69) is 67.9 Å². The first kappa shape index (κ1) is 26.2. The van der Waals surface area contributed by atoms with Gasteiger partial charge in [0.1, 0.15) is 11.6 Å². The summed E-state index contributed by atoms with van der Waals surface area (Å²) < 4.78 is 2.41. The van der Waals surface area contributed by atoms with Crippen molar-refractivity contribution in [3.63, 3.8) is 0 Å². The smallest absolute Gasteiger partial charge is 0.220 e. The maximum Gasteiger partial charge on any atom is 0.220 e. The van der Waals surface area contributed by atoms with E-state index in [1.54, 1.807) is 0 Å². The van der Waals surface area contributed by atoms with Crippen LogP contribution >= 0.6 is 0 Å². The molecule has 0 aliphatic carbocycles. The molecule has 9 heteroatoms. The average Bonchev–Trinajstić information content (AvgIpc) is 3.37. The number of unbranched alkanes of at least 4 members (excludes halogenated alkanes) is 1. The molecule has 0 spiro atoms. The number of hydrogen-bond acceptors (Lipinski definition) is 5. The monoisotopic (exact) mass is 492 g/mol. The molecular weight excluding hydrogens is 452 g/mol. The second-order valence-electron chi connectivity index (χ2n) is 10.6. The van der Waals surface area contributed by atoms with Crippen molar-refractivity contribution in [2.75, 3.05) is 13.1 Å². The lowest BCUT2D eigenvalue weighted by atomic mass is 9.95. The molecular formula is C27H40N8O. The molecule has 1 aromatic carbocycles. The predicted molar refractivity (Wildman–Crippen MR) is 140 cm³/mol. The van der Waals surface area contributed by atoms with Gasteiger partial charge >= 0.3 is 0 Å². The zero-order valence-corrected chi connectivity index (χ0v) is 21.9. The van der Waals surface area contributed by atoms with Crippen molar-refractivity contribution in [3.8, 4) is 0 Å². The Morgan fingerprint density at radius 2 is 1.86 bits per heavy atom. The van der Waals surface area contributed by atoms with Crippen LogP contribution in [0.1, 0.15) is 100 Å². The fraction of sp³-hybridized carbons (Fsp3) is 0.667. The Kier molecular flexibility index (Phi) is 8.99. The molecule has 3 heterocycles. The quantitative estimate of drug-likeness (QED) is 0.180. The van der Waals surface area contributed by atoms with Crippen molar-refractivity contribution in [3.05, 3.63) is 58.0 Å². The van der Waals surface area contributed by atoms with Gasteiger partial charge in [0.25, 0.3) is 0 Å². The normalized spacial score (nSPS) is 22.4. The summed E-state index contributed by atoms with van der Waals surface area (Å²) >= 11 is 0. The number of aromatic nitrogens is 3. The summed E-state index contributed by atoms with van der Waals surface area (Å²) in [5.41, 5.74) is 9.56. The van der Waals surface area contributed by atoms with Crippen LogP contribution in [-0.4, -0.2) is 50.7 Å². The SMILES string of the molecule is Cc1nnc(C(C)C)n1C1CC2CCC(C1)N2CC[C@H](NC(=O)CCCCN=[N+]=[N-])c1ccccc1. The van der Waals surface area contributed by atoms with Crippen molar-refractivity contribution in [2.45, 2.75) is 102 Å². The number of aryl methyl sites for hydroxylation is 1. The van der Waals surface area contributed by atoms with Crippen LogP contribution in [0.3, 0.4) is 0 Å². The standard InChI is InChI=1S/C27H40N8O/c1-19(2)27-32-31-20(3)35(27)24-17-22-12-13-23(18-24)34(22)16-14-25(21-9-5-4-6-10-21)30-26(36)11-7-8-15-29-33-28/h4-6,9-10,19,22-25H,7-8,11-18H2,1-3H3,(H,30,36)/t22?,23?,24?,25-/m0/s1. The highest BCUT2D eigenvalue weighted by Crippen LogP contribution is 2.42. The van der Waals surface area contributed by atoms with Gasteiger partial charge in [0.2, 0.25) is 5.91 Å². The summed E-state index contributed by atoms with van der Waals surface area (Å²) in [4.78, 5) is 18.2. The number of rotatable bonds is 12. The Morgan fingerprint density at radius 1 is 1.14 bits per heavy atom. The fourth-order valence-corrected chi connectivity index (χ4v) is 6.12. The first-order chi connectivity index (χ1) is 17.5. The molecule has 2 aliphatic heterocycles. The molecule has 36 heavy (non-hydrogen) atoms. The van der Waals surface area contributed by atoms with E-state index in [0.29, 0.717) is 37.0 Å². The van der Waals surface area contributed by atoms with Crippen LogP contribution in [0, 0.1) is 6.92 Å². The number of fused-ring (bicyclic) bond motifs is 2. The molecule has 1 amide bonds. The number of carbonyl (C=O) groups is 1. The summed E-state index contributed by atoms with van der Waals surface area (Å²) in [7, 11) is 0. The lowest BCUT2D eigenvalue weighted by Gasteiger charge is -2.40. The minimum atomic E-state index is 0.000546. The van der Waals surface area contributed by atoms with E-state index >= 15 is 0 Å². The number of benzene rings is 1. The van der Waals surface area contributed by atoms with Gasteiger partial charge in [-0.1, -0.05) is 49.3 Å². The van der Waals surface area contributed by atoms with Gasteiger partial charge in [0.15, 0.2) is 0 Å². The van der Waals surface area contributed by atoms with Crippen LogP contribution in [-0.2, 0) is 4.79 Å². The molecule has 2 saturated heterocycles. The molecule has 2 fully saturated rings. The maximum absolute atomic E-state index is 12.7. The predicted octanol–water partition coefficient (Wildman–Crippen LogP) is 5.61. The van der Waals surface area contributed by atoms with Gasteiger partial charge in [-0.05, 0) is 63.0 Å². The lowest BCUT2D eigenvalue weighted by Crippen LogP contribution is -2.45. The third-order valence-corrected chi connectivity index (χ3v) is 7.82. The molecule has 9 nitrogen and oxygen atoms in total. The minimum Gasteiger partial charge on any atom is -0.349 e. The minimum absolute atomic E-state index is 0.000546. The Morgan fingerprint density at radius 3 is 2.53 bits per heavy atom. The maximum atomic E-state index is 12.7. The Balaban J connectivity index is 1.37. The van der Waals surface area contributed by atoms with Crippen molar-refractivity contribution in [2.24, 2.45) is 5.11 Å². The number of piperidine rings is 1. The molecule has 2 aliphatic rings. The van der Waals surface area contributed by atoms with E-state index in [-0.39, 0.29) is 11.9 Å².